The molecule has 27 heavy (non-hydrogen) atoms. The third kappa shape index (κ3) is 4.07. The first-order valence-electron chi connectivity index (χ1n) is 8.66. The summed E-state index contributed by atoms with van der Waals surface area (Å²) in [6, 6.07) is 26.5. The molecule has 3 nitrogen and oxygen atoms in total. The lowest BCUT2D eigenvalue weighted by Crippen LogP contribution is -2.00. The number of thioether (sulfide) groups is 1. The Morgan fingerprint density at radius 3 is 2.26 bits per heavy atom. The van der Waals surface area contributed by atoms with Gasteiger partial charge in [-0.05, 0) is 48.9 Å². The zero-order valence-corrected chi connectivity index (χ0v) is 16.4. The molecule has 134 valence electrons. The van der Waals surface area contributed by atoms with E-state index in [0.717, 1.165) is 28.0 Å². The highest BCUT2D eigenvalue weighted by Gasteiger charge is 2.16. The van der Waals surface area contributed by atoms with Crippen molar-refractivity contribution in [3.63, 3.8) is 0 Å². The molecule has 5 heteroatoms. The molecule has 0 unspecified atom stereocenters. The van der Waals surface area contributed by atoms with Gasteiger partial charge in [-0.25, -0.2) is 0 Å². The van der Waals surface area contributed by atoms with E-state index in [4.69, 9.17) is 11.6 Å². The SMILES string of the molecule is Cc1ccc(-n2c(SCc3ccccc3)nnc2-c2ccc(Cl)cc2)cc1. The average Bonchev–Trinajstić information content (AvgIpc) is 3.12. The maximum absolute atomic E-state index is 6.05. The van der Waals surface area contributed by atoms with E-state index in [-0.39, 0.29) is 0 Å². The lowest BCUT2D eigenvalue weighted by Gasteiger charge is -2.11. The Bertz CT molecular complexity index is 1030. The molecule has 0 N–H and O–H groups in total. The molecular formula is C22H18ClN3S. The molecule has 1 heterocycles. The predicted molar refractivity (Wildman–Crippen MR) is 113 cm³/mol. The molecule has 0 amide bonds. The maximum Gasteiger partial charge on any atom is 0.196 e. The lowest BCUT2D eigenvalue weighted by atomic mass is 10.2. The van der Waals surface area contributed by atoms with E-state index in [0.29, 0.717) is 5.02 Å². The van der Waals surface area contributed by atoms with Crippen LogP contribution in [0, 0.1) is 6.92 Å². The molecule has 1 aromatic heterocycles. The van der Waals surface area contributed by atoms with E-state index >= 15 is 0 Å². The lowest BCUT2D eigenvalue weighted by molar-refractivity contribution is 0.885. The summed E-state index contributed by atoms with van der Waals surface area (Å²) in [5.74, 6) is 1.65. The number of aryl methyl sites for hydroxylation is 1. The van der Waals surface area contributed by atoms with Gasteiger partial charge in [0.2, 0.25) is 0 Å². The third-order valence-electron chi connectivity index (χ3n) is 4.24. The number of halogens is 1. The van der Waals surface area contributed by atoms with Crippen LogP contribution in [0.1, 0.15) is 11.1 Å². The molecule has 0 aliphatic carbocycles. The molecule has 4 aromatic rings. The number of hydrogen-bond donors (Lipinski definition) is 0. The van der Waals surface area contributed by atoms with E-state index in [1.807, 2.05) is 30.3 Å². The first kappa shape index (κ1) is 17.8. The van der Waals surface area contributed by atoms with Crippen LogP contribution in [0.25, 0.3) is 17.1 Å². The van der Waals surface area contributed by atoms with E-state index in [2.05, 4.69) is 70.2 Å². The zero-order valence-electron chi connectivity index (χ0n) is 14.8. The average molecular weight is 392 g/mol. The van der Waals surface area contributed by atoms with Gasteiger partial charge in [0.15, 0.2) is 11.0 Å². The molecule has 0 atom stereocenters. The summed E-state index contributed by atoms with van der Waals surface area (Å²) in [5, 5.41) is 10.5. The van der Waals surface area contributed by atoms with Crippen molar-refractivity contribution in [2.75, 3.05) is 0 Å². The van der Waals surface area contributed by atoms with Crippen LogP contribution in [-0.4, -0.2) is 14.8 Å². The molecule has 3 aromatic carbocycles. The van der Waals surface area contributed by atoms with Crippen molar-refractivity contribution in [3.8, 4) is 17.1 Å². The third-order valence-corrected chi connectivity index (χ3v) is 5.49. The molecule has 0 spiro atoms. The summed E-state index contributed by atoms with van der Waals surface area (Å²) >= 11 is 7.73. The van der Waals surface area contributed by atoms with Crippen molar-refractivity contribution < 1.29 is 0 Å². The second-order valence-corrected chi connectivity index (χ2v) is 7.64. The fraction of sp³-hybridized carbons (Fsp3) is 0.0909. The Labute approximate surface area is 168 Å². The van der Waals surface area contributed by atoms with Crippen LogP contribution in [0.4, 0.5) is 0 Å². The van der Waals surface area contributed by atoms with Crippen LogP contribution in [-0.2, 0) is 5.75 Å². The molecule has 0 fully saturated rings. The van der Waals surface area contributed by atoms with E-state index < -0.39 is 0 Å². The first-order valence-corrected chi connectivity index (χ1v) is 10.0. The second kappa shape index (κ2) is 7.99. The normalized spacial score (nSPS) is 10.9. The van der Waals surface area contributed by atoms with Crippen LogP contribution >= 0.6 is 23.4 Å². The quantitative estimate of drug-likeness (QED) is 0.380. The monoisotopic (exact) mass is 391 g/mol. The van der Waals surface area contributed by atoms with Gasteiger partial charge in [0.1, 0.15) is 0 Å². The van der Waals surface area contributed by atoms with Gasteiger partial charge in [-0.2, -0.15) is 0 Å². The highest BCUT2D eigenvalue weighted by atomic mass is 35.5. The summed E-state index contributed by atoms with van der Waals surface area (Å²) < 4.78 is 2.11. The standard InChI is InChI=1S/C22H18ClN3S/c1-16-7-13-20(14-8-16)26-21(18-9-11-19(23)12-10-18)24-25-22(26)27-15-17-5-3-2-4-6-17/h2-14H,15H2,1H3. The molecule has 0 aliphatic heterocycles. The Hall–Kier alpha value is -2.56. The molecule has 0 bridgehead atoms. The molecular weight excluding hydrogens is 374 g/mol. The minimum atomic E-state index is 0.707. The summed E-state index contributed by atoms with van der Waals surface area (Å²) in [6.07, 6.45) is 0. The van der Waals surface area contributed by atoms with E-state index in [1.165, 1.54) is 11.1 Å². The van der Waals surface area contributed by atoms with Crippen molar-refractivity contribution in [2.24, 2.45) is 0 Å². The minimum Gasteiger partial charge on any atom is -0.270 e. The van der Waals surface area contributed by atoms with Crippen LogP contribution in [0.5, 0.6) is 0 Å². The summed E-state index contributed by atoms with van der Waals surface area (Å²) in [4.78, 5) is 0. The van der Waals surface area contributed by atoms with Crippen LogP contribution in [0.3, 0.4) is 0 Å². The maximum atomic E-state index is 6.05. The van der Waals surface area contributed by atoms with Crippen molar-refractivity contribution in [1.82, 2.24) is 14.8 Å². The van der Waals surface area contributed by atoms with Gasteiger partial charge in [-0.3, -0.25) is 4.57 Å². The van der Waals surface area contributed by atoms with Crippen LogP contribution in [0.15, 0.2) is 84.0 Å². The molecule has 4 rings (SSSR count). The van der Waals surface area contributed by atoms with Gasteiger partial charge in [-0.15, -0.1) is 10.2 Å². The van der Waals surface area contributed by atoms with Gasteiger partial charge in [0.25, 0.3) is 0 Å². The number of nitrogens with zero attached hydrogens (tertiary/aromatic N) is 3. The number of benzene rings is 3. The Morgan fingerprint density at radius 1 is 0.852 bits per heavy atom. The van der Waals surface area contributed by atoms with Crippen molar-refractivity contribution in [2.45, 2.75) is 17.8 Å². The zero-order chi connectivity index (χ0) is 18.6. The van der Waals surface area contributed by atoms with Gasteiger partial charge < -0.3 is 0 Å². The number of rotatable bonds is 5. The topological polar surface area (TPSA) is 30.7 Å². The number of hydrogen-bond acceptors (Lipinski definition) is 3. The summed E-state index contributed by atoms with van der Waals surface area (Å²) in [5.41, 5.74) is 4.51. The van der Waals surface area contributed by atoms with Gasteiger partial charge in [-0.1, -0.05) is 71.4 Å². The summed E-state index contributed by atoms with van der Waals surface area (Å²) in [7, 11) is 0. The Balaban J connectivity index is 1.74. The van der Waals surface area contributed by atoms with Gasteiger partial charge >= 0.3 is 0 Å². The van der Waals surface area contributed by atoms with Crippen molar-refractivity contribution in [1.29, 1.82) is 0 Å². The van der Waals surface area contributed by atoms with Crippen LogP contribution < -0.4 is 0 Å². The number of aromatic nitrogens is 3. The molecule has 0 saturated carbocycles. The Morgan fingerprint density at radius 2 is 1.56 bits per heavy atom. The van der Waals surface area contributed by atoms with Crippen LogP contribution in [0.2, 0.25) is 5.02 Å². The fourth-order valence-corrected chi connectivity index (χ4v) is 3.83. The predicted octanol–water partition coefficient (Wildman–Crippen LogP) is 6.19. The van der Waals surface area contributed by atoms with E-state index in [9.17, 15) is 0 Å². The first-order chi connectivity index (χ1) is 13.2. The van der Waals surface area contributed by atoms with Crippen molar-refractivity contribution >= 4 is 23.4 Å². The largest absolute Gasteiger partial charge is 0.270 e. The van der Waals surface area contributed by atoms with Gasteiger partial charge in [0.05, 0.1) is 0 Å². The molecule has 0 radical (unpaired) electrons. The minimum absolute atomic E-state index is 0.707. The highest BCUT2D eigenvalue weighted by Crippen LogP contribution is 2.30. The smallest absolute Gasteiger partial charge is 0.196 e. The second-order valence-electron chi connectivity index (χ2n) is 6.26. The van der Waals surface area contributed by atoms with Crippen molar-refractivity contribution in [3.05, 3.63) is 95.0 Å². The molecule has 0 saturated heterocycles. The van der Waals surface area contributed by atoms with Gasteiger partial charge in [0, 0.05) is 22.0 Å². The Kier molecular flexibility index (Phi) is 5.28. The molecule has 0 aliphatic rings. The fourth-order valence-electron chi connectivity index (χ4n) is 2.80. The van der Waals surface area contributed by atoms with E-state index in [1.54, 1.807) is 11.8 Å². The summed E-state index contributed by atoms with van der Waals surface area (Å²) in [6.45, 7) is 2.08. The highest BCUT2D eigenvalue weighted by molar-refractivity contribution is 7.98.